The first-order chi connectivity index (χ1) is 5.23. The first-order valence-corrected chi connectivity index (χ1v) is 3.58. The molecule has 0 radical (unpaired) electrons. The summed E-state index contributed by atoms with van der Waals surface area (Å²) in [6.07, 6.45) is 1.58. The first-order valence-electron chi connectivity index (χ1n) is 3.58. The van der Waals surface area contributed by atoms with E-state index in [0.717, 1.165) is 5.76 Å². The molecule has 0 saturated carbocycles. The lowest BCUT2D eigenvalue weighted by Crippen LogP contribution is -2.35. The molecule has 0 spiro atoms. The first kappa shape index (κ1) is 8.30. The Morgan fingerprint density at radius 1 is 1.73 bits per heavy atom. The standard InChI is InChI=1S/C8H13NO2/c1-8(5-9,6-10)7-3-2-4-11-7/h2-4,10H,5-6,9H2,1H3. The molecule has 0 saturated heterocycles. The van der Waals surface area contributed by atoms with Gasteiger partial charge in [-0.05, 0) is 19.1 Å². The van der Waals surface area contributed by atoms with Crippen LogP contribution in [0.25, 0.3) is 0 Å². The van der Waals surface area contributed by atoms with E-state index in [1.807, 2.05) is 13.0 Å². The third-order valence-electron chi connectivity index (χ3n) is 1.92. The zero-order valence-corrected chi connectivity index (χ0v) is 6.58. The van der Waals surface area contributed by atoms with E-state index in [-0.39, 0.29) is 6.61 Å². The van der Waals surface area contributed by atoms with Crippen molar-refractivity contribution in [1.29, 1.82) is 0 Å². The molecule has 1 rings (SSSR count). The monoisotopic (exact) mass is 155 g/mol. The predicted molar refractivity (Wildman–Crippen MR) is 42.2 cm³/mol. The summed E-state index contributed by atoms with van der Waals surface area (Å²) < 4.78 is 5.14. The number of hydrogen-bond donors (Lipinski definition) is 2. The summed E-state index contributed by atoms with van der Waals surface area (Å²) in [5.41, 5.74) is 5.06. The minimum Gasteiger partial charge on any atom is -0.469 e. The highest BCUT2D eigenvalue weighted by Gasteiger charge is 2.26. The van der Waals surface area contributed by atoms with Crippen LogP contribution in [0.2, 0.25) is 0 Å². The fraction of sp³-hybridized carbons (Fsp3) is 0.500. The maximum absolute atomic E-state index is 9.02. The molecule has 62 valence electrons. The zero-order chi connectivity index (χ0) is 8.32. The van der Waals surface area contributed by atoms with Crippen LogP contribution in [-0.4, -0.2) is 18.3 Å². The molecule has 3 heteroatoms. The lowest BCUT2D eigenvalue weighted by molar-refractivity contribution is 0.189. The van der Waals surface area contributed by atoms with Crippen LogP contribution in [0, 0.1) is 0 Å². The molecule has 1 aromatic rings. The van der Waals surface area contributed by atoms with Gasteiger partial charge in [-0.2, -0.15) is 0 Å². The van der Waals surface area contributed by atoms with Crippen molar-refractivity contribution >= 4 is 0 Å². The van der Waals surface area contributed by atoms with Crippen molar-refractivity contribution in [2.24, 2.45) is 5.73 Å². The molecule has 0 aliphatic carbocycles. The SMILES string of the molecule is CC(CN)(CO)c1ccco1. The zero-order valence-electron chi connectivity index (χ0n) is 6.58. The molecule has 0 aliphatic heterocycles. The van der Waals surface area contributed by atoms with Gasteiger partial charge in [0.15, 0.2) is 0 Å². The molecule has 0 aromatic carbocycles. The van der Waals surface area contributed by atoms with Gasteiger partial charge in [0, 0.05) is 6.54 Å². The van der Waals surface area contributed by atoms with Crippen LogP contribution >= 0.6 is 0 Å². The summed E-state index contributed by atoms with van der Waals surface area (Å²) in [4.78, 5) is 0. The van der Waals surface area contributed by atoms with Gasteiger partial charge < -0.3 is 15.3 Å². The number of aliphatic hydroxyl groups excluding tert-OH is 1. The van der Waals surface area contributed by atoms with E-state index in [9.17, 15) is 0 Å². The van der Waals surface area contributed by atoms with Crippen LogP contribution in [0.3, 0.4) is 0 Å². The maximum atomic E-state index is 9.02. The Hall–Kier alpha value is -0.800. The Labute approximate surface area is 65.8 Å². The van der Waals surface area contributed by atoms with Crippen LogP contribution in [0.5, 0.6) is 0 Å². The predicted octanol–water partition coefficient (Wildman–Crippen LogP) is 0.488. The normalized spacial score (nSPS) is 16.3. The molecule has 1 atom stereocenters. The molecule has 3 nitrogen and oxygen atoms in total. The third-order valence-corrected chi connectivity index (χ3v) is 1.92. The van der Waals surface area contributed by atoms with Gasteiger partial charge >= 0.3 is 0 Å². The Morgan fingerprint density at radius 2 is 2.45 bits per heavy atom. The molecule has 0 aliphatic rings. The van der Waals surface area contributed by atoms with Crippen LogP contribution in [0.15, 0.2) is 22.8 Å². The van der Waals surface area contributed by atoms with Gasteiger partial charge in [-0.3, -0.25) is 0 Å². The molecule has 3 N–H and O–H groups in total. The van der Waals surface area contributed by atoms with Gasteiger partial charge in [-0.25, -0.2) is 0 Å². The molecular formula is C8H13NO2. The average molecular weight is 155 g/mol. The Kier molecular flexibility index (Phi) is 2.31. The van der Waals surface area contributed by atoms with Crippen molar-refractivity contribution in [3.8, 4) is 0 Å². The third kappa shape index (κ3) is 1.44. The molecule has 0 amide bonds. The van der Waals surface area contributed by atoms with Gasteiger partial charge in [-0.1, -0.05) is 0 Å². The summed E-state index contributed by atoms with van der Waals surface area (Å²) >= 11 is 0. The van der Waals surface area contributed by atoms with E-state index in [2.05, 4.69) is 0 Å². The van der Waals surface area contributed by atoms with E-state index < -0.39 is 5.41 Å². The lowest BCUT2D eigenvalue weighted by atomic mass is 9.89. The van der Waals surface area contributed by atoms with E-state index in [1.165, 1.54) is 0 Å². The smallest absolute Gasteiger partial charge is 0.113 e. The van der Waals surface area contributed by atoms with Gasteiger partial charge in [-0.15, -0.1) is 0 Å². The quantitative estimate of drug-likeness (QED) is 0.667. The van der Waals surface area contributed by atoms with Crippen LogP contribution < -0.4 is 5.73 Å². The van der Waals surface area contributed by atoms with Crippen molar-refractivity contribution in [1.82, 2.24) is 0 Å². The lowest BCUT2D eigenvalue weighted by Gasteiger charge is -2.21. The second-order valence-electron chi connectivity index (χ2n) is 2.90. The number of hydrogen-bond acceptors (Lipinski definition) is 3. The van der Waals surface area contributed by atoms with E-state index in [4.69, 9.17) is 15.3 Å². The van der Waals surface area contributed by atoms with Crippen molar-refractivity contribution in [2.75, 3.05) is 13.2 Å². The van der Waals surface area contributed by atoms with Gasteiger partial charge in [0.25, 0.3) is 0 Å². The Balaban J connectivity index is 2.87. The molecule has 0 bridgehead atoms. The van der Waals surface area contributed by atoms with E-state index in [0.29, 0.717) is 6.54 Å². The average Bonchev–Trinajstić information content (AvgIpc) is 2.55. The topological polar surface area (TPSA) is 59.4 Å². The second-order valence-corrected chi connectivity index (χ2v) is 2.90. The number of rotatable bonds is 3. The largest absolute Gasteiger partial charge is 0.469 e. The number of furan rings is 1. The van der Waals surface area contributed by atoms with Gasteiger partial charge in [0.05, 0.1) is 18.3 Å². The summed E-state index contributed by atoms with van der Waals surface area (Å²) in [5.74, 6) is 0.738. The summed E-state index contributed by atoms with van der Waals surface area (Å²) in [6.45, 7) is 2.26. The minimum absolute atomic E-state index is 0.0109. The highest BCUT2D eigenvalue weighted by atomic mass is 16.3. The number of nitrogens with two attached hydrogens (primary N) is 1. The Bertz CT molecular complexity index is 202. The molecule has 1 unspecified atom stereocenters. The van der Waals surface area contributed by atoms with E-state index >= 15 is 0 Å². The Morgan fingerprint density at radius 3 is 2.82 bits per heavy atom. The van der Waals surface area contributed by atoms with Gasteiger partial charge in [0.1, 0.15) is 5.76 Å². The van der Waals surface area contributed by atoms with Crippen molar-refractivity contribution < 1.29 is 9.52 Å². The highest BCUT2D eigenvalue weighted by Crippen LogP contribution is 2.21. The second kappa shape index (κ2) is 3.07. The highest BCUT2D eigenvalue weighted by molar-refractivity contribution is 5.12. The van der Waals surface area contributed by atoms with Crippen molar-refractivity contribution in [3.63, 3.8) is 0 Å². The molecule has 0 fully saturated rings. The fourth-order valence-corrected chi connectivity index (χ4v) is 0.865. The molecular weight excluding hydrogens is 142 g/mol. The van der Waals surface area contributed by atoms with Gasteiger partial charge in [0.2, 0.25) is 0 Å². The molecule has 11 heavy (non-hydrogen) atoms. The summed E-state index contributed by atoms with van der Waals surface area (Å²) in [7, 11) is 0. The van der Waals surface area contributed by atoms with Crippen LogP contribution in [-0.2, 0) is 5.41 Å². The molecule has 1 aromatic heterocycles. The van der Waals surface area contributed by atoms with Crippen LogP contribution in [0.1, 0.15) is 12.7 Å². The minimum atomic E-state index is -0.427. The molecule has 1 heterocycles. The van der Waals surface area contributed by atoms with Crippen molar-refractivity contribution in [3.05, 3.63) is 24.2 Å². The summed E-state index contributed by atoms with van der Waals surface area (Å²) in [5, 5.41) is 9.02. The summed E-state index contributed by atoms with van der Waals surface area (Å²) in [6, 6.07) is 3.61. The van der Waals surface area contributed by atoms with Crippen LogP contribution in [0.4, 0.5) is 0 Å². The number of aliphatic hydroxyl groups is 1. The van der Waals surface area contributed by atoms with E-state index in [1.54, 1.807) is 12.3 Å². The fourth-order valence-electron chi connectivity index (χ4n) is 0.865. The van der Waals surface area contributed by atoms with Crippen molar-refractivity contribution in [2.45, 2.75) is 12.3 Å². The maximum Gasteiger partial charge on any atom is 0.113 e.